The lowest BCUT2D eigenvalue weighted by Gasteiger charge is -2.26. The van der Waals surface area contributed by atoms with Crippen LogP contribution in [0.25, 0.3) is 33.4 Å². The highest BCUT2D eigenvalue weighted by Gasteiger charge is 2.21. The number of benzene rings is 5. The molecule has 0 aromatic heterocycles. The molecule has 0 fully saturated rings. The molecule has 0 saturated heterocycles. The van der Waals surface area contributed by atoms with Crippen LogP contribution in [0.1, 0.15) is 52.7 Å². The van der Waals surface area contributed by atoms with E-state index < -0.39 is 0 Å². The van der Waals surface area contributed by atoms with E-state index in [0.29, 0.717) is 0 Å². The van der Waals surface area contributed by atoms with Crippen molar-refractivity contribution in [3.05, 3.63) is 132 Å². The Morgan fingerprint density at radius 3 is 1.36 bits per heavy atom. The first-order valence-electron chi connectivity index (χ1n) is 13.9. The molecule has 0 aliphatic rings. The van der Waals surface area contributed by atoms with Gasteiger partial charge in [0.05, 0.1) is 5.69 Å². The van der Waals surface area contributed by atoms with Crippen molar-refractivity contribution in [2.75, 3.05) is 5.32 Å². The third kappa shape index (κ3) is 5.99. The van der Waals surface area contributed by atoms with Gasteiger partial charge in [0.1, 0.15) is 0 Å². The van der Waals surface area contributed by atoms with E-state index in [2.05, 4.69) is 168 Å². The molecule has 0 amide bonds. The number of rotatable bonds is 5. The van der Waals surface area contributed by atoms with E-state index >= 15 is 0 Å². The summed E-state index contributed by atoms with van der Waals surface area (Å²) in [7, 11) is 0. The Labute approximate surface area is 234 Å². The Balaban J connectivity index is 1.62. The van der Waals surface area contributed by atoms with Crippen LogP contribution < -0.4 is 5.32 Å². The summed E-state index contributed by atoms with van der Waals surface area (Å²) in [5.74, 6) is 0. The van der Waals surface area contributed by atoms with Gasteiger partial charge in [-0.2, -0.15) is 0 Å². The smallest absolute Gasteiger partial charge is 0.0543 e. The molecule has 5 aromatic carbocycles. The van der Waals surface area contributed by atoms with Gasteiger partial charge in [-0.05, 0) is 56.3 Å². The minimum Gasteiger partial charge on any atom is -0.354 e. The van der Waals surface area contributed by atoms with Crippen molar-refractivity contribution < 1.29 is 0 Å². The standard InChI is InChI=1S/C38H39N/c1-37(2,3)31-23-30(24-32(26-31)38(4,5)6)29-19-13-20-33(25-29)39-36-34(27-15-9-7-10-16-27)21-14-22-35(36)28-17-11-8-12-18-28/h7-26,39H,1-6H3. The van der Waals surface area contributed by atoms with Gasteiger partial charge in [-0.25, -0.2) is 0 Å². The lowest BCUT2D eigenvalue weighted by atomic mass is 9.79. The highest BCUT2D eigenvalue weighted by molar-refractivity contribution is 5.93. The zero-order valence-corrected chi connectivity index (χ0v) is 24.0. The van der Waals surface area contributed by atoms with Crippen molar-refractivity contribution in [1.29, 1.82) is 0 Å². The third-order valence-corrected chi connectivity index (χ3v) is 7.36. The van der Waals surface area contributed by atoms with Gasteiger partial charge in [-0.3, -0.25) is 0 Å². The first-order chi connectivity index (χ1) is 18.6. The van der Waals surface area contributed by atoms with Crippen molar-refractivity contribution >= 4 is 11.4 Å². The minimum absolute atomic E-state index is 0.0745. The molecule has 1 heteroatoms. The van der Waals surface area contributed by atoms with E-state index in [4.69, 9.17) is 0 Å². The van der Waals surface area contributed by atoms with Crippen LogP contribution in [0, 0.1) is 0 Å². The average Bonchev–Trinajstić information content (AvgIpc) is 2.93. The second-order valence-electron chi connectivity index (χ2n) is 12.5. The predicted molar refractivity (Wildman–Crippen MR) is 170 cm³/mol. The number of para-hydroxylation sites is 1. The van der Waals surface area contributed by atoms with E-state index in [-0.39, 0.29) is 10.8 Å². The summed E-state index contributed by atoms with van der Waals surface area (Å²) in [4.78, 5) is 0. The second kappa shape index (κ2) is 10.6. The van der Waals surface area contributed by atoms with Crippen LogP contribution >= 0.6 is 0 Å². The van der Waals surface area contributed by atoms with E-state index in [1.807, 2.05) is 0 Å². The Hall–Kier alpha value is -4.10. The average molecular weight is 510 g/mol. The summed E-state index contributed by atoms with van der Waals surface area (Å²) < 4.78 is 0. The summed E-state index contributed by atoms with van der Waals surface area (Å²) in [5, 5.41) is 3.84. The molecule has 1 nitrogen and oxygen atoms in total. The lowest BCUT2D eigenvalue weighted by molar-refractivity contribution is 0.569. The van der Waals surface area contributed by atoms with Gasteiger partial charge >= 0.3 is 0 Å². The maximum Gasteiger partial charge on any atom is 0.0543 e. The minimum atomic E-state index is 0.0745. The van der Waals surface area contributed by atoms with Gasteiger partial charge in [0, 0.05) is 16.8 Å². The highest BCUT2D eigenvalue weighted by atomic mass is 14.9. The van der Waals surface area contributed by atoms with E-state index in [1.165, 1.54) is 44.5 Å². The molecular weight excluding hydrogens is 470 g/mol. The molecular formula is C38H39N. The topological polar surface area (TPSA) is 12.0 Å². The van der Waals surface area contributed by atoms with Crippen LogP contribution in [-0.4, -0.2) is 0 Å². The second-order valence-corrected chi connectivity index (χ2v) is 12.5. The fraction of sp³-hybridized carbons (Fsp3) is 0.211. The monoisotopic (exact) mass is 509 g/mol. The summed E-state index contributed by atoms with van der Waals surface area (Å²) >= 11 is 0. The van der Waals surface area contributed by atoms with Crippen molar-refractivity contribution in [3.63, 3.8) is 0 Å². The van der Waals surface area contributed by atoms with Crippen LogP contribution in [0.2, 0.25) is 0 Å². The van der Waals surface area contributed by atoms with Gasteiger partial charge in [-0.1, -0.05) is 151 Å². The molecule has 1 N–H and O–H groups in total. The molecule has 39 heavy (non-hydrogen) atoms. The summed E-state index contributed by atoms with van der Waals surface area (Å²) in [5.41, 5.74) is 12.3. The fourth-order valence-electron chi connectivity index (χ4n) is 4.98. The van der Waals surface area contributed by atoms with Crippen molar-refractivity contribution in [3.8, 4) is 33.4 Å². The van der Waals surface area contributed by atoms with Crippen LogP contribution in [0.15, 0.2) is 121 Å². The largest absolute Gasteiger partial charge is 0.354 e. The molecule has 0 saturated carbocycles. The molecule has 0 bridgehead atoms. The van der Waals surface area contributed by atoms with Crippen molar-refractivity contribution in [1.82, 2.24) is 0 Å². The normalized spacial score (nSPS) is 11.8. The molecule has 0 atom stereocenters. The Kier molecular flexibility index (Phi) is 7.19. The maximum absolute atomic E-state index is 3.84. The van der Waals surface area contributed by atoms with E-state index in [1.54, 1.807) is 0 Å². The third-order valence-electron chi connectivity index (χ3n) is 7.36. The van der Waals surface area contributed by atoms with Crippen LogP contribution in [0.3, 0.4) is 0 Å². The van der Waals surface area contributed by atoms with Crippen molar-refractivity contribution in [2.45, 2.75) is 52.4 Å². The molecule has 0 spiro atoms. The Bertz CT molecular complexity index is 1480. The lowest BCUT2D eigenvalue weighted by Crippen LogP contribution is -2.16. The number of hydrogen-bond donors (Lipinski definition) is 1. The summed E-state index contributed by atoms with van der Waals surface area (Å²) in [6, 6.07) is 43.8. The molecule has 0 aliphatic heterocycles. The van der Waals surface area contributed by atoms with Crippen LogP contribution in [0.5, 0.6) is 0 Å². The zero-order chi connectivity index (χ0) is 27.6. The van der Waals surface area contributed by atoms with Crippen molar-refractivity contribution in [2.24, 2.45) is 0 Å². The number of hydrogen-bond acceptors (Lipinski definition) is 1. The predicted octanol–water partition coefficient (Wildman–Crippen LogP) is 11.0. The van der Waals surface area contributed by atoms with E-state index in [9.17, 15) is 0 Å². The molecule has 5 aromatic rings. The summed E-state index contributed by atoms with van der Waals surface area (Å²) in [6.07, 6.45) is 0. The Morgan fingerprint density at radius 2 is 0.872 bits per heavy atom. The first kappa shape index (κ1) is 26.5. The zero-order valence-electron chi connectivity index (χ0n) is 24.0. The maximum atomic E-state index is 3.84. The SMILES string of the molecule is CC(C)(C)c1cc(-c2cccc(Nc3c(-c4ccccc4)cccc3-c3ccccc3)c2)cc(C(C)(C)C)c1. The van der Waals surface area contributed by atoms with Gasteiger partial charge in [0.25, 0.3) is 0 Å². The molecule has 5 rings (SSSR count). The number of nitrogens with one attached hydrogen (secondary N) is 1. The fourth-order valence-corrected chi connectivity index (χ4v) is 4.98. The highest BCUT2D eigenvalue weighted by Crippen LogP contribution is 2.40. The first-order valence-corrected chi connectivity index (χ1v) is 13.9. The van der Waals surface area contributed by atoms with Gasteiger partial charge in [0.2, 0.25) is 0 Å². The summed E-state index contributed by atoms with van der Waals surface area (Å²) in [6.45, 7) is 13.8. The number of anilines is 2. The molecule has 196 valence electrons. The van der Waals surface area contributed by atoms with Crippen LogP contribution in [0.4, 0.5) is 11.4 Å². The van der Waals surface area contributed by atoms with Gasteiger partial charge < -0.3 is 5.32 Å². The molecule has 0 heterocycles. The van der Waals surface area contributed by atoms with E-state index in [0.717, 1.165) is 11.4 Å². The van der Waals surface area contributed by atoms with Gasteiger partial charge in [-0.15, -0.1) is 0 Å². The molecule has 0 unspecified atom stereocenters. The molecule has 0 aliphatic carbocycles. The Morgan fingerprint density at radius 1 is 0.410 bits per heavy atom. The van der Waals surface area contributed by atoms with Crippen LogP contribution in [-0.2, 0) is 10.8 Å². The molecule has 0 radical (unpaired) electrons. The van der Waals surface area contributed by atoms with Gasteiger partial charge in [0.15, 0.2) is 0 Å². The quantitative estimate of drug-likeness (QED) is 0.248.